The van der Waals surface area contributed by atoms with Crippen LogP contribution in [-0.2, 0) is 12.8 Å². The summed E-state index contributed by atoms with van der Waals surface area (Å²) in [5, 5.41) is 10.6. The molecule has 3 aromatic rings. The van der Waals surface area contributed by atoms with Gasteiger partial charge in [0, 0.05) is 9.75 Å². The van der Waals surface area contributed by atoms with Crippen LogP contribution in [-0.4, -0.2) is 10.1 Å². The SMILES string of the molecule is O=c1[nH]c2ccc(C(O)c3cc4c(s3)CCCC4)cc2o1. The molecule has 1 aliphatic rings. The van der Waals surface area contributed by atoms with Gasteiger partial charge in [0.05, 0.1) is 5.52 Å². The number of fused-ring (bicyclic) bond motifs is 2. The molecule has 2 heterocycles. The Morgan fingerprint density at radius 1 is 1.24 bits per heavy atom. The maximum atomic E-state index is 11.2. The maximum Gasteiger partial charge on any atom is 0.417 e. The molecular formula is C16H15NO3S. The first-order chi connectivity index (χ1) is 10.2. The number of hydrogen-bond donors (Lipinski definition) is 2. The minimum Gasteiger partial charge on any atom is -0.408 e. The van der Waals surface area contributed by atoms with Gasteiger partial charge in [-0.3, -0.25) is 4.98 Å². The smallest absolute Gasteiger partial charge is 0.408 e. The molecule has 1 aromatic carbocycles. The van der Waals surface area contributed by atoms with E-state index in [1.54, 1.807) is 23.5 Å². The molecule has 1 unspecified atom stereocenters. The summed E-state index contributed by atoms with van der Waals surface area (Å²) in [7, 11) is 0. The van der Waals surface area contributed by atoms with Crippen LogP contribution in [0.15, 0.2) is 33.5 Å². The first-order valence-electron chi connectivity index (χ1n) is 7.13. The van der Waals surface area contributed by atoms with Gasteiger partial charge in [-0.15, -0.1) is 11.3 Å². The van der Waals surface area contributed by atoms with E-state index in [1.165, 1.54) is 23.3 Å². The molecule has 0 amide bonds. The summed E-state index contributed by atoms with van der Waals surface area (Å²) in [6, 6.07) is 7.46. The number of aryl methyl sites for hydroxylation is 2. The third kappa shape index (κ3) is 2.22. The first-order valence-corrected chi connectivity index (χ1v) is 7.95. The summed E-state index contributed by atoms with van der Waals surface area (Å²) in [6.07, 6.45) is 4.05. The largest absolute Gasteiger partial charge is 0.417 e. The zero-order chi connectivity index (χ0) is 14.4. The average Bonchev–Trinajstić information content (AvgIpc) is 3.07. The van der Waals surface area contributed by atoms with Crippen molar-refractivity contribution in [3.8, 4) is 0 Å². The Hall–Kier alpha value is -1.85. The molecule has 0 radical (unpaired) electrons. The van der Waals surface area contributed by atoms with E-state index in [0.717, 1.165) is 23.3 Å². The van der Waals surface area contributed by atoms with Crippen LogP contribution >= 0.6 is 11.3 Å². The minimum absolute atomic E-state index is 0.469. The van der Waals surface area contributed by atoms with Crippen LogP contribution in [0.5, 0.6) is 0 Å². The average molecular weight is 301 g/mol. The summed E-state index contributed by atoms with van der Waals surface area (Å²) >= 11 is 1.70. The second-order valence-corrected chi connectivity index (χ2v) is 6.65. The lowest BCUT2D eigenvalue weighted by molar-refractivity contribution is 0.224. The van der Waals surface area contributed by atoms with Crippen LogP contribution in [0.2, 0.25) is 0 Å². The lowest BCUT2D eigenvalue weighted by atomic mass is 9.98. The molecule has 4 nitrogen and oxygen atoms in total. The van der Waals surface area contributed by atoms with Crippen molar-refractivity contribution >= 4 is 22.4 Å². The predicted molar refractivity (Wildman–Crippen MR) is 81.9 cm³/mol. The van der Waals surface area contributed by atoms with Crippen molar-refractivity contribution in [2.75, 3.05) is 0 Å². The van der Waals surface area contributed by atoms with Gasteiger partial charge >= 0.3 is 5.76 Å². The Morgan fingerprint density at radius 3 is 2.95 bits per heavy atom. The molecule has 2 N–H and O–H groups in total. The van der Waals surface area contributed by atoms with Crippen LogP contribution < -0.4 is 5.76 Å². The fourth-order valence-corrected chi connectivity index (χ4v) is 4.22. The van der Waals surface area contributed by atoms with Gasteiger partial charge in [-0.2, -0.15) is 0 Å². The molecular weight excluding hydrogens is 286 g/mol. The van der Waals surface area contributed by atoms with Crippen LogP contribution in [0, 0.1) is 0 Å². The molecule has 5 heteroatoms. The number of aliphatic hydroxyl groups excluding tert-OH is 1. The molecule has 1 aliphatic carbocycles. The van der Waals surface area contributed by atoms with Crippen LogP contribution in [0.4, 0.5) is 0 Å². The van der Waals surface area contributed by atoms with Gasteiger partial charge in [0.2, 0.25) is 0 Å². The highest BCUT2D eigenvalue weighted by atomic mass is 32.1. The van der Waals surface area contributed by atoms with Crippen LogP contribution in [0.1, 0.15) is 39.8 Å². The number of aliphatic hydroxyl groups is 1. The van der Waals surface area contributed by atoms with Crippen LogP contribution in [0.3, 0.4) is 0 Å². The highest BCUT2D eigenvalue weighted by Crippen LogP contribution is 2.35. The second-order valence-electron chi connectivity index (χ2n) is 5.48. The third-order valence-corrected chi connectivity index (χ3v) is 5.34. The fourth-order valence-electron chi connectivity index (χ4n) is 2.94. The maximum absolute atomic E-state index is 11.2. The van der Waals surface area contributed by atoms with Crippen molar-refractivity contribution in [1.29, 1.82) is 0 Å². The third-order valence-electron chi connectivity index (χ3n) is 4.05. The highest BCUT2D eigenvalue weighted by molar-refractivity contribution is 7.12. The van der Waals surface area contributed by atoms with Crippen LogP contribution in [0.25, 0.3) is 11.1 Å². The van der Waals surface area contributed by atoms with Gasteiger partial charge in [0.25, 0.3) is 0 Å². The second kappa shape index (κ2) is 4.86. The van der Waals surface area contributed by atoms with Gasteiger partial charge in [-0.25, -0.2) is 4.79 Å². The summed E-state index contributed by atoms with van der Waals surface area (Å²) in [5.74, 6) is -0.469. The van der Waals surface area contributed by atoms with E-state index >= 15 is 0 Å². The number of H-pyrrole nitrogens is 1. The summed E-state index contributed by atoms with van der Waals surface area (Å²) < 4.78 is 5.06. The molecule has 0 bridgehead atoms. The Balaban J connectivity index is 1.73. The number of benzene rings is 1. The number of hydrogen-bond acceptors (Lipinski definition) is 4. The molecule has 0 spiro atoms. The Labute approximate surface area is 125 Å². The lowest BCUT2D eigenvalue weighted by Crippen LogP contribution is -1.97. The molecule has 0 fully saturated rings. The molecule has 1 atom stereocenters. The predicted octanol–water partition coefficient (Wildman–Crippen LogP) is 3.14. The van der Waals surface area contributed by atoms with Gasteiger partial charge in [-0.1, -0.05) is 6.07 Å². The topological polar surface area (TPSA) is 66.2 Å². The minimum atomic E-state index is -0.662. The van der Waals surface area contributed by atoms with E-state index in [0.29, 0.717) is 11.1 Å². The number of rotatable bonds is 2. The Morgan fingerprint density at radius 2 is 2.10 bits per heavy atom. The number of nitrogens with one attached hydrogen (secondary N) is 1. The quantitative estimate of drug-likeness (QED) is 0.764. The molecule has 108 valence electrons. The van der Waals surface area contributed by atoms with Crippen molar-refractivity contribution in [2.24, 2.45) is 0 Å². The molecule has 0 saturated heterocycles. The van der Waals surface area contributed by atoms with Crippen molar-refractivity contribution in [2.45, 2.75) is 31.8 Å². The molecule has 2 aromatic heterocycles. The van der Waals surface area contributed by atoms with Gasteiger partial charge in [0.15, 0.2) is 5.58 Å². The first kappa shape index (κ1) is 12.9. The standard InChI is InChI=1S/C16H15NO3S/c18-15(14-8-9-3-1-2-4-13(9)21-14)10-5-6-11-12(7-10)20-16(19)17-11/h5-8,15,18H,1-4H2,(H,17,19). The van der Waals surface area contributed by atoms with E-state index in [-0.39, 0.29) is 0 Å². The Kier molecular flexibility index (Phi) is 2.97. The summed E-state index contributed by atoms with van der Waals surface area (Å²) in [5.41, 5.74) is 3.28. The van der Waals surface area contributed by atoms with E-state index in [9.17, 15) is 9.90 Å². The van der Waals surface area contributed by atoms with E-state index in [2.05, 4.69) is 11.1 Å². The monoisotopic (exact) mass is 301 g/mol. The molecule has 0 aliphatic heterocycles. The van der Waals surface area contributed by atoms with E-state index in [4.69, 9.17) is 4.42 Å². The van der Waals surface area contributed by atoms with Crippen molar-refractivity contribution < 1.29 is 9.52 Å². The van der Waals surface area contributed by atoms with E-state index in [1.807, 2.05) is 6.07 Å². The normalized spacial score (nSPS) is 16.0. The number of thiophene rings is 1. The fraction of sp³-hybridized carbons (Fsp3) is 0.312. The Bertz CT molecular complexity index is 834. The summed E-state index contributed by atoms with van der Waals surface area (Å²) in [6.45, 7) is 0. The molecule has 4 rings (SSSR count). The number of oxazole rings is 1. The van der Waals surface area contributed by atoms with Gasteiger partial charge < -0.3 is 9.52 Å². The number of aromatic nitrogens is 1. The lowest BCUT2D eigenvalue weighted by Gasteiger charge is -2.08. The number of aromatic amines is 1. The zero-order valence-electron chi connectivity index (χ0n) is 11.4. The highest BCUT2D eigenvalue weighted by Gasteiger charge is 2.19. The molecule has 21 heavy (non-hydrogen) atoms. The van der Waals surface area contributed by atoms with E-state index < -0.39 is 11.9 Å². The van der Waals surface area contributed by atoms with Crippen molar-refractivity contribution in [3.05, 3.63) is 55.7 Å². The summed E-state index contributed by atoms with van der Waals surface area (Å²) in [4.78, 5) is 16.2. The molecule has 0 saturated carbocycles. The van der Waals surface area contributed by atoms with Gasteiger partial charge in [-0.05, 0) is 55.0 Å². The van der Waals surface area contributed by atoms with Crippen molar-refractivity contribution in [3.63, 3.8) is 0 Å². The zero-order valence-corrected chi connectivity index (χ0v) is 12.2. The van der Waals surface area contributed by atoms with Gasteiger partial charge in [0.1, 0.15) is 6.10 Å². The van der Waals surface area contributed by atoms with Crippen molar-refractivity contribution in [1.82, 2.24) is 4.98 Å².